The lowest BCUT2D eigenvalue weighted by atomic mass is 9.87. The highest BCUT2D eigenvalue weighted by molar-refractivity contribution is 7.74. The third kappa shape index (κ3) is 2.84. The second-order valence-electron chi connectivity index (χ2n) is 4.76. The van der Waals surface area contributed by atoms with E-state index in [0.29, 0.717) is 11.3 Å². The Kier molecular flexibility index (Phi) is 4.27. The van der Waals surface area contributed by atoms with E-state index < -0.39 is 22.1 Å². The van der Waals surface area contributed by atoms with Crippen molar-refractivity contribution in [3.8, 4) is 0 Å². The van der Waals surface area contributed by atoms with Crippen molar-refractivity contribution in [1.29, 1.82) is 0 Å². The predicted molar refractivity (Wildman–Crippen MR) is 83.1 cm³/mol. The molecule has 1 aliphatic rings. The lowest BCUT2D eigenvalue weighted by Gasteiger charge is -2.23. The SMILES string of the molecule is CC1=C(n2ccnc2)C(=S(=O)=O)C(C)C(C(=O)N=C(N)N)=C1. The van der Waals surface area contributed by atoms with Crippen molar-refractivity contribution >= 4 is 32.7 Å². The van der Waals surface area contributed by atoms with Gasteiger partial charge >= 0.3 is 0 Å². The maximum atomic E-state index is 12.1. The molecule has 9 heteroatoms. The van der Waals surface area contributed by atoms with Crippen molar-refractivity contribution in [3.05, 3.63) is 35.9 Å². The van der Waals surface area contributed by atoms with Crippen molar-refractivity contribution in [3.63, 3.8) is 0 Å². The van der Waals surface area contributed by atoms with Crippen LogP contribution in [0.1, 0.15) is 13.8 Å². The third-order valence-electron chi connectivity index (χ3n) is 3.26. The summed E-state index contributed by atoms with van der Waals surface area (Å²) in [6.07, 6.45) is 6.26. The Morgan fingerprint density at radius 2 is 2.09 bits per heavy atom. The Morgan fingerprint density at radius 3 is 2.59 bits per heavy atom. The van der Waals surface area contributed by atoms with E-state index >= 15 is 0 Å². The molecule has 1 heterocycles. The van der Waals surface area contributed by atoms with Crippen molar-refractivity contribution in [2.75, 3.05) is 0 Å². The van der Waals surface area contributed by atoms with Gasteiger partial charge in [-0.05, 0) is 18.6 Å². The first-order chi connectivity index (χ1) is 10.3. The molecule has 0 radical (unpaired) electrons. The van der Waals surface area contributed by atoms with Gasteiger partial charge in [0.25, 0.3) is 5.91 Å². The van der Waals surface area contributed by atoms with Gasteiger partial charge in [-0.2, -0.15) is 13.4 Å². The van der Waals surface area contributed by atoms with Gasteiger partial charge in [0, 0.05) is 23.9 Å². The van der Waals surface area contributed by atoms with Gasteiger partial charge in [-0.15, -0.1) is 0 Å². The molecular formula is C13H15N5O3S. The molecule has 1 aromatic heterocycles. The molecule has 0 fully saturated rings. The van der Waals surface area contributed by atoms with Crippen LogP contribution in [0.25, 0.3) is 5.70 Å². The number of rotatable bonds is 2. The Labute approximate surface area is 128 Å². The number of aliphatic imine (C=N–C) groups is 1. The molecule has 0 aromatic carbocycles. The molecule has 0 saturated heterocycles. The largest absolute Gasteiger partial charge is 0.370 e. The van der Waals surface area contributed by atoms with Gasteiger partial charge in [0.05, 0.1) is 12.0 Å². The lowest BCUT2D eigenvalue weighted by molar-refractivity contribution is -0.114. The van der Waals surface area contributed by atoms with Gasteiger partial charge in [0.15, 0.2) is 5.96 Å². The zero-order valence-corrected chi connectivity index (χ0v) is 12.8. The fourth-order valence-electron chi connectivity index (χ4n) is 2.34. The maximum Gasteiger partial charge on any atom is 0.276 e. The topological polar surface area (TPSA) is 133 Å². The second-order valence-corrected chi connectivity index (χ2v) is 5.67. The summed E-state index contributed by atoms with van der Waals surface area (Å²) < 4.78 is 24.9. The lowest BCUT2D eigenvalue weighted by Crippen LogP contribution is -2.29. The van der Waals surface area contributed by atoms with Crippen LogP contribution in [0.3, 0.4) is 0 Å². The minimum absolute atomic E-state index is 0.0899. The number of imidazole rings is 1. The summed E-state index contributed by atoms with van der Waals surface area (Å²) in [7, 11) is -2.51. The van der Waals surface area contributed by atoms with E-state index in [1.165, 1.54) is 6.33 Å². The van der Waals surface area contributed by atoms with E-state index in [1.54, 1.807) is 36.9 Å². The molecule has 0 bridgehead atoms. The summed E-state index contributed by atoms with van der Waals surface area (Å²) in [6.45, 7) is 3.32. The summed E-state index contributed by atoms with van der Waals surface area (Å²) in [4.78, 5) is 19.5. The first-order valence-corrected chi connectivity index (χ1v) is 7.41. The standard InChI is InChI=1S/C13H15N5O3S/c1-7-5-9(12(19)17-13(14)15)8(2)11(22(20)21)10(7)18-4-3-16-6-18/h3-6,8H,1-2H3,(H4,14,15,17,19). The first-order valence-electron chi connectivity index (χ1n) is 6.34. The molecule has 8 nitrogen and oxygen atoms in total. The molecule has 0 saturated carbocycles. The highest BCUT2D eigenvalue weighted by Crippen LogP contribution is 2.30. The minimum Gasteiger partial charge on any atom is -0.370 e. The number of amides is 1. The van der Waals surface area contributed by atoms with Crippen LogP contribution in [0, 0.1) is 5.92 Å². The highest BCUT2D eigenvalue weighted by atomic mass is 32.2. The second kappa shape index (κ2) is 5.98. The molecule has 1 atom stereocenters. The number of hydrogen-bond donors (Lipinski definition) is 2. The van der Waals surface area contributed by atoms with E-state index in [1.807, 2.05) is 0 Å². The molecule has 1 amide bonds. The number of nitrogens with two attached hydrogens (primary N) is 2. The van der Waals surface area contributed by atoms with Crippen molar-refractivity contribution in [2.24, 2.45) is 22.4 Å². The Balaban J connectivity index is 2.69. The molecule has 0 aliphatic heterocycles. The van der Waals surface area contributed by atoms with Crippen LogP contribution in [-0.2, 0) is 15.1 Å². The molecular weight excluding hydrogens is 306 g/mol. The number of nitrogens with zero attached hydrogens (tertiary/aromatic N) is 3. The normalized spacial score (nSPS) is 18.0. The molecule has 2 rings (SSSR count). The molecule has 1 aromatic rings. The van der Waals surface area contributed by atoms with Crippen molar-refractivity contribution < 1.29 is 13.2 Å². The molecule has 1 unspecified atom stereocenters. The number of carbonyl (C=O) groups excluding carboxylic acids is 1. The summed E-state index contributed by atoms with van der Waals surface area (Å²) in [5.74, 6) is -1.69. The molecule has 4 N–H and O–H groups in total. The van der Waals surface area contributed by atoms with Crippen LogP contribution < -0.4 is 11.5 Å². The average Bonchev–Trinajstić information content (AvgIpc) is 2.92. The number of aromatic nitrogens is 2. The summed E-state index contributed by atoms with van der Waals surface area (Å²) in [6, 6.07) is 0. The Hall–Kier alpha value is -2.68. The first kappa shape index (κ1) is 15.7. The van der Waals surface area contributed by atoms with E-state index in [0.717, 1.165) is 0 Å². The highest BCUT2D eigenvalue weighted by Gasteiger charge is 2.31. The summed E-state index contributed by atoms with van der Waals surface area (Å²) >= 11 is 0. The smallest absolute Gasteiger partial charge is 0.276 e. The quantitative estimate of drug-likeness (QED) is 0.430. The van der Waals surface area contributed by atoms with Crippen molar-refractivity contribution in [2.45, 2.75) is 13.8 Å². The molecule has 116 valence electrons. The predicted octanol–water partition coefficient (Wildman–Crippen LogP) is -0.458. The zero-order valence-electron chi connectivity index (χ0n) is 12.0. The maximum absolute atomic E-state index is 12.1. The fourth-order valence-corrected chi connectivity index (χ4v) is 3.18. The monoisotopic (exact) mass is 321 g/mol. The van der Waals surface area contributed by atoms with E-state index in [2.05, 4.69) is 9.98 Å². The van der Waals surface area contributed by atoms with Crippen LogP contribution in [0.2, 0.25) is 0 Å². The van der Waals surface area contributed by atoms with Gasteiger partial charge < -0.3 is 16.0 Å². The molecule has 1 aliphatic carbocycles. The zero-order chi connectivity index (χ0) is 16.4. The van der Waals surface area contributed by atoms with Crippen LogP contribution in [0.15, 0.2) is 40.9 Å². The number of carbonyl (C=O) groups is 1. The van der Waals surface area contributed by atoms with E-state index in [-0.39, 0.29) is 16.4 Å². The van der Waals surface area contributed by atoms with Gasteiger partial charge in [0.1, 0.15) is 4.86 Å². The van der Waals surface area contributed by atoms with Crippen molar-refractivity contribution in [1.82, 2.24) is 9.55 Å². The number of hydrogen-bond acceptors (Lipinski definition) is 4. The Bertz CT molecular complexity index is 832. The van der Waals surface area contributed by atoms with Crippen LogP contribution in [0.5, 0.6) is 0 Å². The number of allylic oxidation sites excluding steroid dienone is 3. The van der Waals surface area contributed by atoms with E-state index in [4.69, 9.17) is 11.5 Å². The fraction of sp³-hybridized carbons (Fsp3) is 0.231. The minimum atomic E-state index is -2.51. The van der Waals surface area contributed by atoms with E-state index in [9.17, 15) is 13.2 Å². The third-order valence-corrected chi connectivity index (χ3v) is 4.16. The van der Waals surface area contributed by atoms with Gasteiger partial charge in [-0.25, -0.2) is 4.98 Å². The summed E-state index contributed by atoms with van der Waals surface area (Å²) in [5, 5.41) is 0. The Morgan fingerprint density at radius 1 is 1.41 bits per heavy atom. The molecule has 0 spiro atoms. The average molecular weight is 321 g/mol. The van der Waals surface area contributed by atoms with Gasteiger partial charge in [0.2, 0.25) is 10.3 Å². The summed E-state index contributed by atoms with van der Waals surface area (Å²) in [5.41, 5.74) is 11.7. The van der Waals surface area contributed by atoms with Gasteiger partial charge in [-0.3, -0.25) is 4.79 Å². The number of guanidine groups is 1. The van der Waals surface area contributed by atoms with Crippen LogP contribution in [-0.4, -0.2) is 34.7 Å². The molecule has 22 heavy (non-hydrogen) atoms. The van der Waals surface area contributed by atoms with Crippen LogP contribution in [0.4, 0.5) is 0 Å². The van der Waals surface area contributed by atoms with Crippen LogP contribution >= 0.6 is 0 Å². The van der Waals surface area contributed by atoms with Gasteiger partial charge in [-0.1, -0.05) is 6.92 Å².